The Bertz CT molecular complexity index is 238. The normalized spacial score (nSPS) is 17.3. The highest BCUT2D eigenvalue weighted by molar-refractivity contribution is 5.24. The molecule has 0 aliphatic heterocycles. The van der Waals surface area contributed by atoms with E-state index < -0.39 is 0 Å². The molecule has 1 radical (unpaired) electrons. The third-order valence-corrected chi connectivity index (χ3v) is 1.85. The van der Waals surface area contributed by atoms with E-state index in [4.69, 9.17) is 0 Å². The van der Waals surface area contributed by atoms with Crippen LogP contribution in [0.2, 0.25) is 0 Å². The minimum atomic E-state index is -0.162. The van der Waals surface area contributed by atoms with Gasteiger partial charge in [0.1, 0.15) is 5.82 Å². The SMILES string of the molecule is Fc1[c]cccc1C1CC1. The Morgan fingerprint density at radius 2 is 2.30 bits per heavy atom. The van der Waals surface area contributed by atoms with Crippen molar-refractivity contribution in [2.45, 2.75) is 18.8 Å². The largest absolute Gasteiger partial charge is 0.206 e. The van der Waals surface area contributed by atoms with Crippen LogP contribution in [0.15, 0.2) is 18.2 Å². The van der Waals surface area contributed by atoms with E-state index in [0.29, 0.717) is 5.92 Å². The number of benzene rings is 1. The molecule has 0 N–H and O–H groups in total. The lowest BCUT2D eigenvalue weighted by molar-refractivity contribution is 0.608. The van der Waals surface area contributed by atoms with Crippen molar-refractivity contribution in [2.24, 2.45) is 0 Å². The van der Waals surface area contributed by atoms with Gasteiger partial charge in [0.25, 0.3) is 0 Å². The van der Waals surface area contributed by atoms with Gasteiger partial charge in [-0.1, -0.05) is 18.2 Å². The van der Waals surface area contributed by atoms with E-state index >= 15 is 0 Å². The summed E-state index contributed by atoms with van der Waals surface area (Å²) >= 11 is 0. The number of hydrogen-bond donors (Lipinski definition) is 0. The summed E-state index contributed by atoms with van der Waals surface area (Å²) in [6.45, 7) is 0. The van der Waals surface area contributed by atoms with E-state index in [-0.39, 0.29) is 5.82 Å². The quantitative estimate of drug-likeness (QED) is 0.555. The third-order valence-electron chi connectivity index (χ3n) is 1.85. The van der Waals surface area contributed by atoms with Gasteiger partial charge in [0.2, 0.25) is 0 Å². The number of hydrogen-bond acceptors (Lipinski definition) is 0. The molecule has 0 heterocycles. The predicted molar refractivity (Wildman–Crippen MR) is 37.2 cm³/mol. The monoisotopic (exact) mass is 135 g/mol. The minimum Gasteiger partial charge on any atom is -0.206 e. The van der Waals surface area contributed by atoms with Crippen LogP contribution in [0.25, 0.3) is 0 Å². The van der Waals surface area contributed by atoms with Gasteiger partial charge in [-0.25, -0.2) is 4.39 Å². The lowest BCUT2D eigenvalue weighted by Gasteiger charge is -1.96. The van der Waals surface area contributed by atoms with Crippen LogP contribution in [0, 0.1) is 11.9 Å². The number of rotatable bonds is 1. The Kier molecular flexibility index (Phi) is 1.23. The van der Waals surface area contributed by atoms with Crippen molar-refractivity contribution in [1.29, 1.82) is 0 Å². The van der Waals surface area contributed by atoms with Crippen LogP contribution in [0.1, 0.15) is 24.3 Å². The highest BCUT2D eigenvalue weighted by Crippen LogP contribution is 2.40. The summed E-state index contributed by atoms with van der Waals surface area (Å²) in [4.78, 5) is 0. The lowest BCUT2D eigenvalue weighted by Crippen LogP contribution is -1.84. The van der Waals surface area contributed by atoms with Crippen molar-refractivity contribution in [3.63, 3.8) is 0 Å². The topological polar surface area (TPSA) is 0 Å². The van der Waals surface area contributed by atoms with Gasteiger partial charge in [-0.3, -0.25) is 0 Å². The van der Waals surface area contributed by atoms with Gasteiger partial charge in [0.05, 0.1) is 0 Å². The van der Waals surface area contributed by atoms with Crippen LogP contribution in [0.4, 0.5) is 4.39 Å². The average molecular weight is 135 g/mol. The Hall–Kier alpha value is -0.850. The minimum absolute atomic E-state index is 0.162. The summed E-state index contributed by atoms with van der Waals surface area (Å²) in [7, 11) is 0. The third kappa shape index (κ3) is 0.919. The Balaban J connectivity index is 2.39. The lowest BCUT2D eigenvalue weighted by atomic mass is 10.1. The maximum atomic E-state index is 12.8. The summed E-state index contributed by atoms with van der Waals surface area (Å²) in [6, 6.07) is 7.86. The molecule has 1 aliphatic carbocycles. The molecule has 0 saturated heterocycles. The molecular weight excluding hydrogens is 127 g/mol. The molecule has 1 aromatic carbocycles. The summed E-state index contributed by atoms with van der Waals surface area (Å²) < 4.78 is 12.8. The molecule has 1 aliphatic rings. The van der Waals surface area contributed by atoms with Crippen molar-refractivity contribution in [3.05, 3.63) is 35.6 Å². The smallest absolute Gasteiger partial charge is 0.134 e. The van der Waals surface area contributed by atoms with E-state index in [1.54, 1.807) is 6.07 Å². The van der Waals surface area contributed by atoms with Crippen LogP contribution < -0.4 is 0 Å². The molecule has 0 spiro atoms. The van der Waals surface area contributed by atoms with Crippen molar-refractivity contribution in [1.82, 2.24) is 0 Å². The van der Waals surface area contributed by atoms with Gasteiger partial charge in [0.15, 0.2) is 0 Å². The zero-order valence-corrected chi connectivity index (χ0v) is 5.60. The van der Waals surface area contributed by atoms with Gasteiger partial charge < -0.3 is 0 Å². The molecule has 0 aromatic heterocycles. The van der Waals surface area contributed by atoms with E-state index in [2.05, 4.69) is 6.07 Å². The second-order valence-electron chi connectivity index (χ2n) is 2.71. The van der Waals surface area contributed by atoms with Crippen LogP contribution in [-0.2, 0) is 0 Å². The standard InChI is InChI=1S/C9H8F/c10-9-4-2-1-3-8(9)7-5-6-7/h1-3,7H,5-6H2. The zero-order valence-electron chi connectivity index (χ0n) is 5.60. The molecule has 0 amide bonds. The fraction of sp³-hybridized carbons (Fsp3) is 0.333. The second kappa shape index (κ2) is 2.08. The van der Waals surface area contributed by atoms with Crippen LogP contribution in [0.3, 0.4) is 0 Å². The van der Waals surface area contributed by atoms with Gasteiger partial charge in [-0.15, -0.1) is 0 Å². The molecule has 1 aromatic rings. The molecule has 1 saturated carbocycles. The van der Waals surface area contributed by atoms with Gasteiger partial charge in [-0.05, 0) is 24.3 Å². The molecule has 1 heteroatoms. The van der Waals surface area contributed by atoms with E-state index in [1.165, 1.54) is 0 Å². The first-order valence-electron chi connectivity index (χ1n) is 3.54. The first-order valence-corrected chi connectivity index (χ1v) is 3.54. The summed E-state index contributed by atoms with van der Waals surface area (Å²) in [5.74, 6) is 0.336. The molecule has 10 heavy (non-hydrogen) atoms. The highest BCUT2D eigenvalue weighted by Gasteiger charge is 2.25. The average Bonchev–Trinajstić information content (AvgIpc) is 2.71. The maximum Gasteiger partial charge on any atom is 0.134 e. The maximum absolute atomic E-state index is 12.8. The molecule has 1 fully saturated rings. The van der Waals surface area contributed by atoms with Crippen molar-refractivity contribution < 1.29 is 4.39 Å². The Morgan fingerprint density at radius 3 is 2.90 bits per heavy atom. The van der Waals surface area contributed by atoms with Gasteiger partial charge in [0, 0.05) is 6.07 Å². The first kappa shape index (κ1) is 5.90. The van der Waals surface area contributed by atoms with Crippen molar-refractivity contribution >= 4 is 0 Å². The fourth-order valence-electron chi connectivity index (χ4n) is 1.14. The summed E-state index contributed by atoms with van der Waals surface area (Å²) in [6.07, 6.45) is 2.30. The van der Waals surface area contributed by atoms with E-state index in [1.807, 2.05) is 12.1 Å². The number of halogens is 1. The van der Waals surface area contributed by atoms with Crippen molar-refractivity contribution in [2.75, 3.05) is 0 Å². The Labute approximate surface area is 59.7 Å². The van der Waals surface area contributed by atoms with E-state index in [9.17, 15) is 4.39 Å². The fourth-order valence-corrected chi connectivity index (χ4v) is 1.14. The van der Waals surface area contributed by atoms with Crippen LogP contribution >= 0.6 is 0 Å². The molecule has 0 nitrogen and oxygen atoms in total. The van der Waals surface area contributed by atoms with Crippen LogP contribution in [-0.4, -0.2) is 0 Å². The van der Waals surface area contributed by atoms with Gasteiger partial charge >= 0.3 is 0 Å². The Morgan fingerprint density at radius 1 is 1.50 bits per heavy atom. The van der Waals surface area contributed by atoms with Crippen LogP contribution in [0.5, 0.6) is 0 Å². The second-order valence-corrected chi connectivity index (χ2v) is 2.71. The van der Waals surface area contributed by atoms with Gasteiger partial charge in [-0.2, -0.15) is 0 Å². The highest BCUT2D eigenvalue weighted by atomic mass is 19.1. The summed E-state index contributed by atoms with van der Waals surface area (Å²) in [5, 5.41) is 0. The molecule has 51 valence electrons. The zero-order chi connectivity index (χ0) is 6.97. The first-order chi connectivity index (χ1) is 4.88. The molecule has 0 atom stereocenters. The molecule has 2 rings (SSSR count). The van der Waals surface area contributed by atoms with E-state index in [0.717, 1.165) is 18.4 Å². The summed E-state index contributed by atoms with van der Waals surface area (Å²) in [5.41, 5.74) is 0.850. The predicted octanol–water partition coefficient (Wildman–Crippen LogP) is 2.50. The molecule has 0 unspecified atom stereocenters. The molecule has 0 bridgehead atoms. The molecular formula is C9H8F. The van der Waals surface area contributed by atoms with Crippen molar-refractivity contribution in [3.8, 4) is 0 Å².